The Bertz CT molecular complexity index is 349. The van der Waals surface area contributed by atoms with Crippen LogP contribution in [0.15, 0.2) is 18.2 Å². The van der Waals surface area contributed by atoms with Crippen molar-refractivity contribution in [2.24, 2.45) is 0 Å². The monoisotopic (exact) mass is 214 g/mol. The minimum absolute atomic E-state index is 0.136. The van der Waals surface area contributed by atoms with Crippen molar-refractivity contribution in [3.8, 4) is 5.75 Å². The molecule has 2 N–H and O–H groups in total. The molecule has 1 aromatic carbocycles. The number of benzene rings is 1. The van der Waals surface area contributed by atoms with Gasteiger partial charge >= 0.3 is 5.97 Å². The Labute approximate surface area is 86.9 Å². The second-order valence-electron chi connectivity index (χ2n) is 2.98. The first-order valence-corrected chi connectivity index (χ1v) is 4.66. The lowest BCUT2D eigenvalue weighted by Gasteiger charge is -2.12. The highest BCUT2D eigenvalue weighted by atomic mass is 35.5. The fraction of sp³-hybridized carbons (Fsp3) is 0.300. The first-order valence-electron chi connectivity index (χ1n) is 4.28. The van der Waals surface area contributed by atoms with Crippen molar-refractivity contribution in [3.05, 3.63) is 28.8 Å². The van der Waals surface area contributed by atoms with E-state index in [0.717, 1.165) is 0 Å². The number of aliphatic carboxylic acids is 1. The van der Waals surface area contributed by atoms with Crippen LogP contribution in [0, 0.1) is 0 Å². The number of phenols is 1. The molecule has 0 heterocycles. The van der Waals surface area contributed by atoms with E-state index in [-0.39, 0.29) is 10.8 Å². The zero-order chi connectivity index (χ0) is 10.7. The van der Waals surface area contributed by atoms with Gasteiger partial charge in [0.25, 0.3) is 0 Å². The van der Waals surface area contributed by atoms with E-state index in [1.54, 1.807) is 19.1 Å². The van der Waals surface area contributed by atoms with Crippen molar-refractivity contribution in [1.29, 1.82) is 0 Å². The molecule has 0 saturated carbocycles. The molecule has 0 aliphatic heterocycles. The maximum absolute atomic E-state index is 10.8. The number of halogens is 1. The van der Waals surface area contributed by atoms with E-state index in [1.807, 2.05) is 0 Å². The predicted molar refractivity (Wildman–Crippen MR) is 53.8 cm³/mol. The third kappa shape index (κ3) is 1.99. The third-order valence-electron chi connectivity index (χ3n) is 2.10. The molecular formula is C10H11ClO3. The average Bonchev–Trinajstić information content (AvgIpc) is 2.13. The number of carboxylic acid groups (broad SMARTS) is 1. The highest BCUT2D eigenvalue weighted by molar-refractivity contribution is 6.32. The van der Waals surface area contributed by atoms with Gasteiger partial charge in [-0.15, -0.1) is 0 Å². The fourth-order valence-corrected chi connectivity index (χ4v) is 1.52. The summed E-state index contributed by atoms with van der Waals surface area (Å²) in [7, 11) is 0. The summed E-state index contributed by atoms with van der Waals surface area (Å²) in [6, 6.07) is 4.72. The lowest BCUT2D eigenvalue weighted by molar-refractivity contribution is -0.138. The smallest absolute Gasteiger partial charge is 0.311 e. The molecule has 0 aliphatic rings. The van der Waals surface area contributed by atoms with Gasteiger partial charge in [-0.2, -0.15) is 0 Å². The molecule has 0 fully saturated rings. The van der Waals surface area contributed by atoms with E-state index >= 15 is 0 Å². The molecular weight excluding hydrogens is 204 g/mol. The lowest BCUT2D eigenvalue weighted by Crippen LogP contribution is -2.10. The lowest BCUT2D eigenvalue weighted by atomic mass is 9.96. The Morgan fingerprint density at radius 2 is 2.21 bits per heavy atom. The number of carbonyl (C=O) groups is 1. The summed E-state index contributed by atoms with van der Waals surface area (Å²) in [5.41, 5.74) is 0.368. The molecule has 1 rings (SSSR count). The van der Waals surface area contributed by atoms with Crippen molar-refractivity contribution < 1.29 is 15.0 Å². The molecule has 14 heavy (non-hydrogen) atoms. The number of hydrogen-bond acceptors (Lipinski definition) is 2. The maximum atomic E-state index is 10.8. The van der Waals surface area contributed by atoms with Crippen LogP contribution in [-0.4, -0.2) is 16.2 Å². The van der Waals surface area contributed by atoms with E-state index in [0.29, 0.717) is 12.0 Å². The van der Waals surface area contributed by atoms with Gasteiger partial charge in [-0.05, 0) is 12.5 Å². The van der Waals surface area contributed by atoms with Crippen molar-refractivity contribution in [1.82, 2.24) is 0 Å². The van der Waals surface area contributed by atoms with Crippen LogP contribution in [0.2, 0.25) is 5.02 Å². The fourth-order valence-electron chi connectivity index (χ4n) is 1.34. The zero-order valence-electron chi connectivity index (χ0n) is 7.70. The Morgan fingerprint density at radius 1 is 1.57 bits per heavy atom. The number of rotatable bonds is 3. The van der Waals surface area contributed by atoms with Gasteiger partial charge in [0.05, 0.1) is 10.9 Å². The van der Waals surface area contributed by atoms with Crippen molar-refractivity contribution in [3.63, 3.8) is 0 Å². The van der Waals surface area contributed by atoms with Gasteiger partial charge in [0.2, 0.25) is 0 Å². The van der Waals surface area contributed by atoms with Crippen molar-refractivity contribution in [2.75, 3.05) is 0 Å². The first kappa shape index (κ1) is 10.9. The molecule has 0 spiro atoms. The summed E-state index contributed by atoms with van der Waals surface area (Å²) in [4.78, 5) is 10.8. The molecule has 0 amide bonds. The van der Waals surface area contributed by atoms with E-state index < -0.39 is 11.9 Å². The highest BCUT2D eigenvalue weighted by Crippen LogP contribution is 2.33. The number of aromatic hydroxyl groups is 1. The Kier molecular flexibility index (Phi) is 3.36. The summed E-state index contributed by atoms with van der Waals surface area (Å²) < 4.78 is 0. The summed E-state index contributed by atoms with van der Waals surface area (Å²) in [5, 5.41) is 18.6. The topological polar surface area (TPSA) is 57.5 Å². The van der Waals surface area contributed by atoms with Gasteiger partial charge in [-0.25, -0.2) is 0 Å². The standard InChI is InChI=1S/C10H11ClO3/c1-2-6(10(13)14)7-4-3-5-8(11)9(7)12/h3-6,12H,2H2,1H3,(H,13,14). The van der Waals surface area contributed by atoms with Gasteiger partial charge in [-0.1, -0.05) is 30.7 Å². The van der Waals surface area contributed by atoms with E-state index in [9.17, 15) is 9.90 Å². The molecule has 0 aromatic heterocycles. The summed E-state index contributed by atoms with van der Waals surface area (Å²) >= 11 is 5.68. The van der Waals surface area contributed by atoms with Gasteiger partial charge in [0.1, 0.15) is 5.75 Å². The van der Waals surface area contributed by atoms with Gasteiger partial charge < -0.3 is 10.2 Å². The maximum Gasteiger partial charge on any atom is 0.311 e. The normalized spacial score (nSPS) is 12.4. The molecule has 1 unspecified atom stereocenters. The number of hydrogen-bond donors (Lipinski definition) is 2. The van der Waals surface area contributed by atoms with Gasteiger partial charge in [-0.3, -0.25) is 4.79 Å². The molecule has 76 valence electrons. The molecule has 0 aliphatic carbocycles. The number of para-hydroxylation sites is 1. The van der Waals surface area contributed by atoms with Crippen LogP contribution in [0.4, 0.5) is 0 Å². The molecule has 1 aromatic rings. The van der Waals surface area contributed by atoms with Crippen LogP contribution >= 0.6 is 11.6 Å². The van der Waals surface area contributed by atoms with E-state index in [1.165, 1.54) is 6.07 Å². The molecule has 3 nitrogen and oxygen atoms in total. The van der Waals surface area contributed by atoms with Gasteiger partial charge in [0.15, 0.2) is 0 Å². The Balaban J connectivity index is 3.16. The second kappa shape index (κ2) is 4.33. The van der Waals surface area contributed by atoms with Crippen molar-refractivity contribution in [2.45, 2.75) is 19.3 Å². The van der Waals surface area contributed by atoms with Crippen molar-refractivity contribution >= 4 is 17.6 Å². The average molecular weight is 215 g/mol. The van der Waals surface area contributed by atoms with Crippen LogP contribution < -0.4 is 0 Å². The Hall–Kier alpha value is -1.22. The van der Waals surface area contributed by atoms with Crippen LogP contribution in [0.1, 0.15) is 24.8 Å². The predicted octanol–water partition coefficient (Wildman–Crippen LogP) is 2.62. The van der Waals surface area contributed by atoms with Crippen LogP contribution in [0.3, 0.4) is 0 Å². The van der Waals surface area contributed by atoms with E-state index in [2.05, 4.69) is 0 Å². The SMILES string of the molecule is CCC(C(=O)O)c1cccc(Cl)c1O. The third-order valence-corrected chi connectivity index (χ3v) is 2.40. The van der Waals surface area contributed by atoms with Crippen LogP contribution in [0.25, 0.3) is 0 Å². The molecule has 1 atom stereocenters. The molecule has 0 bridgehead atoms. The summed E-state index contributed by atoms with van der Waals surface area (Å²) in [5.74, 6) is -1.79. The zero-order valence-corrected chi connectivity index (χ0v) is 8.45. The molecule has 4 heteroatoms. The largest absolute Gasteiger partial charge is 0.506 e. The van der Waals surface area contributed by atoms with Crippen LogP contribution in [0.5, 0.6) is 5.75 Å². The minimum atomic E-state index is -0.954. The quantitative estimate of drug-likeness (QED) is 0.813. The second-order valence-corrected chi connectivity index (χ2v) is 3.38. The summed E-state index contributed by atoms with van der Waals surface area (Å²) in [6.07, 6.45) is 0.420. The van der Waals surface area contributed by atoms with Crippen LogP contribution in [-0.2, 0) is 4.79 Å². The minimum Gasteiger partial charge on any atom is -0.506 e. The molecule has 0 radical (unpaired) electrons. The number of carboxylic acids is 1. The molecule has 0 saturated heterocycles. The Morgan fingerprint density at radius 3 is 2.71 bits per heavy atom. The first-order chi connectivity index (χ1) is 6.57. The van der Waals surface area contributed by atoms with Gasteiger partial charge in [0, 0.05) is 5.56 Å². The summed E-state index contributed by atoms with van der Waals surface area (Å²) in [6.45, 7) is 1.75. The van der Waals surface area contributed by atoms with E-state index in [4.69, 9.17) is 16.7 Å². The number of phenolic OH excluding ortho intramolecular Hbond substituents is 1. The highest BCUT2D eigenvalue weighted by Gasteiger charge is 2.21.